The second kappa shape index (κ2) is 22.9. The van der Waals surface area contributed by atoms with E-state index in [-0.39, 0.29) is 0 Å². The molecule has 0 aliphatic rings. The summed E-state index contributed by atoms with van der Waals surface area (Å²) in [5.41, 5.74) is 0. The van der Waals surface area contributed by atoms with Gasteiger partial charge in [0.15, 0.2) is 0 Å². The van der Waals surface area contributed by atoms with Gasteiger partial charge in [-0.3, -0.25) is 4.79 Å². The first-order valence-corrected chi connectivity index (χ1v) is 8.85. The summed E-state index contributed by atoms with van der Waals surface area (Å²) in [5.74, 6) is 0. The average molecular weight is 493 g/mol. The molecule has 0 saturated carbocycles. The number of amides is 1. The smallest absolute Gasteiger partial charge is 0.207 e. The number of alkyl halides is 2. The molecule has 19 heavy (non-hydrogen) atoms. The molecule has 0 aliphatic heterocycles. The Morgan fingerprint density at radius 2 is 1.68 bits per heavy atom. The van der Waals surface area contributed by atoms with Gasteiger partial charge in [-0.1, -0.05) is 51.8 Å². The molecule has 0 radical (unpaired) electrons. The lowest BCUT2D eigenvalue weighted by Gasteiger charge is -1.95. The molecule has 0 unspecified atom stereocenters. The molecule has 0 saturated heterocycles. The van der Waals surface area contributed by atoms with Crippen LogP contribution >= 0.6 is 45.2 Å². The fourth-order valence-corrected chi connectivity index (χ4v) is 1.40. The molecule has 110 valence electrons. The first kappa shape index (κ1) is 21.1. The van der Waals surface area contributed by atoms with E-state index >= 15 is 0 Å². The van der Waals surface area contributed by atoms with Gasteiger partial charge in [0.05, 0.1) is 25.3 Å². The topological polar surface area (TPSA) is 47.6 Å². The van der Waals surface area contributed by atoms with Gasteiger partial charge in [0.1, 0.15) is 6.61 Å². The van der Waals surface area contributed by atoms with Gasteiger partial charge in [-0.2, -0.15) is 0 Å². The van der Waals surface area contributed by atoms with E-state index in [2.05, 4.69) is 61.8 Å². The van der Waals surface area contributed by atoms with Crippen LogP contribution in [0.25, 0.3) is 0 Å². The van der Waals surface area contributed by atoms with Gasteiger partial charge in [0, 0.05) is 8.86 Å². The highest BCUT2D eigenvalue weighted by atomic mass is 127. The summed E-state index contributed by atoms with van der Waals surface area (Å²) in [6.07, 6.45) is 11.7. The zero-order valence-electron chi connectivity index (χ0n) is 10.9. The van der Waals surface area contributed by atoms with E-state index < -0.39 is 0 Å². The minimum absolute atomic E-state index is 0.488. The number of hydrogen-bond donors (Lipinski definition) is 1. The zero-order chi connectivity index (χ0) is 14.6. The molecule has 4 nitrogen and oxygen atoms in total. The van der Waals surface area contributed by atoms with E-state index in [1.807, 2.05) is 12.2 Å². The molecule has 0 aromatic rings. The van der Waals surface area contributed by atoms with Crippen molar-refractivity contribution in [3.63, 3.8) is 0 Å². The first-order valence-electron chi connectivity index (χ1n) is 5.80. The fraction of sp³-hybridized carbons (Fsp3) is 0.462. The molecule has 0 aromatic heterocycles. The Bertz CT molecular complexity index is 222. The Kier molecular flexibility index (Phi) is 25.4. The van der Waals surface area contributed by atoms with Gasteiger partial charge in [-0.05, 0) is 25.0 Å². The monoisotopic (exact) mass is 493 g/mol. The second-order valence-corrected chi connectivity index (χ2v) is 5.10. The van der Waals surface area contributed by atoms with Crippen molar-refractivity contribution in [3.8, 4) is 0 Å². The number of nitrogens with one attached hydrogen (secondary N) is 1. The Morgan fingerprint density at radius 1 is 1.11 bits per heavy atom. The number of carbonyl (C=O) groups is 1. The van der Waals surface area contributed by atoms with Crippen LogP contribution in [-0.2, 0) is 14.3 Å². The second-order valence-electron chi connectivity index (χ2n) is 2.94. The summed E-state index contributed by atoms with van der Waals surface area (Å²) in [6, 6.07) is 0. The summed E-state index contributed by atoms with van der Waals surface area (Å²) in [5, 5.41) is 2.43. The van der Waals surface area contributed by atoms with Crippen molar-refractivity contribution >= 4 is 51.6 Å². The normalized spacial score (nSPS) is 9.79. The Balaban J connectivity index is 0. The maximum absolute atomic E-state index is 9.58. The Labute approximate surface area is 143 Å². The molecule has 0 atom stereocenters. The van der Waals surface area contributed by atoms with E-state index in [1.165, 1.54) is 6.26 Å². The average Bonchev–Trinajstić information content (AvgIpc) is 2.44. The van der Waals surface area contributed by atoms with Gasteiger partial charge < -0.3 is 14.8 Å². The molecule has 0 rings (SSSR count). The predicted molar refractivity (Wildman–Crippen MR) is 96.6 cm³/mol. The van der Waals surface area contributed by atoms with Crippen LogP contribution in [0.5, 0.6) is 0 Å². The highest BCUT2D eigenvalue weighted by molar-refractivity contribution is 14.1. The molecular formula is C13H21I2NO3. The minimum Gasteiger partial charge on any atom is -0.500 e. The van der Waals surface area contributed by atoms with Crippen LogP contribution in [0.4, 0.5) is 0 Å². The standard InChI is InChI=1S/C8H12I2O.C5H9NO2/c9-5-1-3-7-11-8-4-2-6-10;1-2-8-4-3-6-5-7/h3-4,7-8H,1-2,5-6H2;2,5H,1,3-4H2,(H,6,7). The van der Waals surface area contributed by atoms with Crippen molar-refractivity contribution in [1.82, 2.24) is 5.32 Å². The predicted octanol–water partition coefficient (Wildman–Crippen LogP) is 3.57. The van der Waals surface area contributed by atoms with Crippen LogP contribution < -0.4 is 5.32 Å². The Hall–Kier alpha value is -0.250. The fourth-order valence-electron chi connectivity index (χ4n) is 0.679. The van der Waals surface area contributed by atoms with Gasteiger partial charge in [-0.15, -0.1) is 0 Å². The van der Waals surface area contributed by atoms with E-state index in [4.69, 9.17) is 4.74 Å². The van der Waals surface area contributed by atoms with Gasteiger partial charge in [0.25, 0.3) is 0 Å². The number of carbonyl (C=O) groups excluding carboxylic acids is 1. The molecule has 0 bridgehead atoms. The number of halogens is 2. The van der Waals surface area contributed by atoms with Crippen LogP contribution in [0.1, 0.15) is 12.8 Å². The third-order valence-corrected chi connectivity index (χ3v) is 2.71. The molecule has 1 amide bonds. The summed E-state index contributed by atoms with van der Waals surface area (Å²) >= 11 is 4.67. The lowest BCUT2D eigenvalue weighted by atomic mass is 10.5. The molecule has 1 N–H and O–H groups in total. The van der Waals surface area contributed by atoms with E-state index in [0.29, 0.717) is 19.6 Å². The Morgan fingerprint density at radius 3 is 2.11 bits per heavy atom. The van der Waals surface area contributed by atoms with Crippen LogP contribution in [0.3, 0.4) is 0 Å². The molecule has 0 aliphatic carbocycles. The maximum atomic E-state index is 9.58. The van der Waals surface area contributed by atoms with Crippen molar-refractivity contribution in [2.45, 2.75) is 12.8 Å². The van der Waals surface area contributed by atoms with Crippen LogP contribution in [0.2, 0.25) is 0 Å². The molecular weight excluding hydrogens is 472 g/mol. The third-order valence-electron chi connectivity index (χ3n) is 1.47. The largest absolute Gasteiger partial charge is 0.500 e. The van der Waals surface area contributed by atoms with E-state index in [9.17, 15) is 4.79 Å². The summed E-state index contributed by atoms with van der Waals surface area (Å²) in [7, 11) is 0. The summed E-state index contributed by atoms with van der Waals surface area (Å²) in [4.78, 5) is 9.58. The van der Waals surface area contributed by atoms with E-state index in [0.717, 1.165) is 21.7 Å². The third kappa shape index (κ3) is 27.1. The lowest BCUT2D eigenvalue weighted by molar-refractivity contribution is -0.109. The maximum Gasteiger partial charge on any atom is 0.207 e. The van der Waals surface area contributed by atoms with Crippen LogP contribution in [0.15, 0.2) is 37.5 Å². The van der Waals surface area contributed by atoms with Gasteiger partial charge in [-0.25, -0.2) is 0 Å². The SMILES string of the molecule is C=COCCNC=O.ICCC=COC=CCCI. The number of hydrogen-bond acceptors (Lipinski definition) is 3. The highest BCUT2D eigenvalue weighted by Crippen LogP contribution is 1.93. The van der Waals surface area contributed by atoms with Crippen molar-refractivity contribution in [3.05, 3.63) is 37.5 Å². The molecule has 6 heteroatoms. The quantitative estimate of drug-likeness (QED) is 0.158. The lowest BCUT2D eigenvalue weighted by Crippen LogP contribution is -2.16. The zero-order valence-corrected chi connectivity index (χ0v) is 15.2. The van der Waals surface area contributed by atoms with Gasteiger partial charge in [0.2, 0.25) is 6.41 Å². The summed E-state index contributed by atoms with van der Waals surface area (Å²) < 4.78 is 12.0. The van der Waals surface area contributed by atoms with Gasteiger partial charge >= 0.3 is 0 Å². The number of allylic oxidation sites excluding steroid dienone is 2. The molecule has 0 aromatic carbocycles. The molecule has 0 spiro atoms. The van der Waals surface area contributed by atoms with Crippen molar-refractivity contribution in [2.75, 3.05) is 22.0 Å². The highest BCUT2D eigenvalue weighted by Gasteiger charge is 1.77. The van der Waals surface area contributed by atoms with Crippen LogP contribution in [-0.4, -0.2) is 28.4 Å². The van der Waals surface area contributed by atoms with Crippen LogP contribution in [0, 0.1) is 0 Å². The minimum atomic E-state index is 0.488. The van der Waals surface area contributed by atoms with Crippen molar-refractivity contribution in [1.29, 1.82) is 0 Å². The summed E-state index contributed by atoms with van der Waals surface area (Å²) in [6.45, 7) is 4.35. The number of rotatable bonds is 11. The van der Waals surface area contributed by atoms with Crippen molar-refractivity contribution < 1.29 is 14.3 Å². The van der Waals surface area contributed by atoms with E-state index in [1.54, 1.807) is 12.5 Å². The van der Waals surface area contributed by atoms with Crippen molar-refractivity contribution in [2.24, 2.45) is 0 Å². The molecule has 0 heterocycles. The number of ether oxygens (including phenoxy) is 2. The molecule has 0 fully saturated rings. The first-order chi connectivity index (χ1) is 9.33.